The van der Waals surface area contributed by atoms with E-state index >= 15 is 0 Å². The van der Waals surface area contributed by atoms with Crippen molar-refractivity contribution in [3.63, 3.8) is 0 Å². The van der Waals surface area contributed by atoms with Crippen molar-refractivity contribution in [1.29, 1.82) is 0 Å². The third-order valence-electron chi connectivity index (χ3n) is 2.08. The molecule has 0 N–H and O–H groups in total. The third kappa shape index (κ3) is 8.14. The van der Waals surface area contributed by atoms with Crippen LogP contribution in [0.3, 0.4) is 0 Å². The molecule has 0 aromatic rings. The summed E-state index contributed by atoms with van der Waals surface area (Å²) in [4.78, 5) is 33.1. The van der Waals surface area contributed by atoms with Gasteiger partial charge in [0, 0.05) is 32.0 Å². The predicted molar refractivity (Wildman–Crippen MR) is 70.3 cm³/mol. The van der Waals surface area contributed by atoms with Crippen LogP contribution in [0.1, 0.15) is 27.2 Å². The molecule has 0 rings (SSSR count). The van der Waals surface area contributed by atoms with Crippen molar-refractivity contribution in [1.82, 2.24) is 0 Å². The Balaban J connectivity index is 4.27. The number of hydrogen-bond donors (Lipinski definition) is 0. The van der Waals surface area contributed by atoms with Gasteiger partial charge in [-0.3, -0.25) is 9.59 Å². The molecule has 0 spiro atoms. The molecule has 6 nitrogen and oxygen atoms in total. The average Bonchev–Trinajstić information content (AvgIpc) is 2.21. The minimum atomic E-state index is -2.89. The normalized spacial score (nSPS) is 10.5. The number of rotatable bonds is 7. The molecular formula is C12H20O6Si. The van der Waals surface area contributed by atoms with Gasteiger partial charge >= 0.3 is 14.5 Å². The highest BCUT2D eigenvalue weighted by Gasteiger charge is 2.37. The van der Waals surface area contributed by atoms with Gasteiger partial charge in [-0.2, -0.15) is 0 Å². The summed E-state index contributed by atoms with van der Waals surface area (Å²) in [5.74, 6) is -1.45. The Labute approximate surface area is 114 Å². The molecule has 0 heterocycles. The zero-order chi connectivity index (χ0) is 15.1. The highest BCUT2D eigenvalue weighted by molar-refractivity contribution is 6.69. The first-order chi connectivity index (χ1) is 8.66. The Morgan fingerprint density at radius 3 is 1.89 bits per heavy atom. The standard InChI is InChI=1S/C12H20O6Si/c1-9(2)12(15)16-7-6-8-19(5,17-10(3)13)18-11(4)14/h1,6-8H2,2-5H3. The molecule has 0 bridgehead atoms. The smallest absolute Gasteiger partial charge is 0.461 e. The number of carbonyl (C=O) groups is 3. The maximum atomic E-state index is 11.1. The van der Waals surface area contributed by atoms with E-state index in [9.17, 15) is 14.4 Å². The highest BCUT2D eigenvalue weighted by Crippen LogP contribution is 2.17. The molecule has 0 aromatic carbocycles. The third-order valence-corrected chi connectivity index (χ3v) is 4.78. The van der Waals surface area contributed by atoms with Crippen LogP contribution in [0, 0.1) is 0 Å². The Bertz CT molecular complexity index is 360. The Morgan fingerprint density at radius 1 is 1.05 bits per heavy atom. The number of ether oxygens (including phenoxy) is 1. The summed E-state index contributed by atoms with van der Waals surface area (Å²) in [6.07, 6.45) is 0.447. The fraction of sp³-hybridized carbons (Fsp3) is 0.583. The second kappa shape index (κ2) is 7.73. The van der Waals surface area contributed by atoms with Gasteiger partial charge < -0.3 is 13.6 Å². The van der Waals surface area contributed by atoms with E-state index in [2.05, 4.69) is 6.58 Å². The van der Waals surface area contributed by atoms with Crippen LogP contribution in [-0.2, 0) is 28.0 Å². The molecule has 0 atom stereocenters. The predicted octanol–water partition coefficient (Wildman–Crippen LogP) is 1.69. The van der Waals surface area contributed by atoms with Crippen molar-refractivity contribution in [3.05, 3.63) is 12.2 Å². The SMILES string of the molecule is C=C(C)C(=O)OCCC[Si](C)(OC(C)=O)OC(C)=O. The van der Waals surface area contributed by atoms with E-state index in [4.69, 9.17) is 13.6 Å². The lowest BCUT2D eigenvalue weighted by Gasteiger charge is -2.24. The maximum absolute atomic E-state index is 11.1. The van der Waals surface area contributed by atoms with Crippen molar-refractivity contribution < 1.29 is 28.0 Å². The summed E-state index contributed by atoms with van der Waals surface area (Å²) < 4.78 is 15.1. The first-order valence-corrected chi connectivity index (χ1v) is 8.40. The molecule has 7 heteroatoms. The summed E-state index contributed by atoms with van der Waals surface area (Å²) >= 11 is 0. The van der Waals surface area contributed by atoms with E-state index in [-0.39, 0.29) is 6.61 Å². The Kier molecular flexibility index (Phi) is 7.06. The molecule has 0 saturated carbocycles. The van der Waals surface area contributed by atoms with Crippen LogP contribution >= 0.6 is 0 Å². The molecule has 0 amide bonds. The van der Waals surface area contributed by atoms with Crippen LogP contribution in [0.25, 0.3) is 0 Å². The number of esters is 1. The highest BCUT2D eigenvalue weighted by atomic mass is 28.4. The summed E-state index contributed by atoms with van der Waals surface area (Å²) in [5, 5.41) is 0. The van der Waals surface area contributed by atoms with E-state index in [1.54, 1.807) is 13.5 Å². The van der Waals surface area contributed by atoms with Crippen LogP contribution in [0.15, 0.2) is 12.2 Å². The summed E-state index contributed by atoms with van der Waals surface area (Å²) in [7, 11) is -2.89. The molecule has 0 saturated heterocycles. The van der Waals surface area contributed by atoms with Gasteiger partial charge in [-0.05, 0) is 13.3 Å². The van der Waals surface area contributed by atoms with Crippen LogP contribution < -0.4 is 0 Å². The monoisotopic (exact) mass is 288 g/mol. The van der Waals surface area contributed by atoms with Gasteiger partial charge in [0.1, 0.15) is 0 Å². The molecule has 0 unspecified atom stereocenters. The number of hydrogen-bond acceptors (Lipinski definition) is 6. The minimum absolute atomic E-state index is 0.164. The average molecular weight is 288 g/mol. The van der Waals surface area contributed by atoms with E-state index in [1.165, 1.54) is 13.8 Å². The molecule has 0 aliphatic heterocycles. The van der Waals surface area contributed by atoms with Gasteiger partial charge in [0.2, 0.25) is 0 Å². The van der Waals surface area contributed by atoms with Crippen LogP contribution in [-0.4, -0.2) is 33.1 Å². The molecule has 108 valence electrons. The van der Waals surface area contributed by atoms with Crippen molar-refractivity contribution in [2.24, 2.45) is 0 Å². The van der Waals surface area contributed by atoms with Gasteiger partial charge in [0.15, 0.2) is 0 Å². The second-order valence-electron chi connectivity index (χ2n) is 4.34. The van der Waals surface area contributed by atoms with Crippen LogP contribution in [0.4, 0.5) is 0 Å². The lowest BCUT2D eigenvalue weighted by atomic mass is 10.4. The zero-order valence-corrected chi connectivity index (χ0v) is 12.8. The summed E-state index contributed by atoms with van der Waals surface area (Å²) in [6.45, 7) is 9.32. The molecule has 0 aromatic heterocycles. The minimum Gasteiger partial charge on any atom is -0.485 e. The quantitative estimate of drug-likeness (QED) is 0.307. The molecular weight excluding hydrogens is 268 g/mol. The molecule has 0 aliphatic carbocycles. The maximum Gasteiger partial charge on any atom is 0.461 e. The first-order valence-electron chi connectivity index (χ1n) is 5.88. The van der Waals surface area contributed by atoms with Gasteiger partial charge in [0.05, 0.1) is 6.61 Å². The van der Waals surface area contributed by atoms with Crippen molar-refractivity contribution in [2.45, 2.75) is 39.8 Å². The summed E-state index contributed by atoms with van der Waals surface area (Å²) in [6, 6.07) is 0.371. The van der Waals surface area contributed by atoms with Gasteiger partial charge in [-0.25, -0.2) is 4.79 Å². The molecule has 0 radical (unpaired) electrons. The first kappa shape index (κ1) is 17.4. The fourth-order valence-electron chi connectivity index (χ4n) is 1.41. The second-order valence-corrected chi connectivity index (χ2v) is 7.52. The number of carbonyl (C=O) groups excluding carboxylic acids is 3. The van der Waals surface area contributed by atoms with Gasteiger partial charge in [-0.15, -0.1) is 0 Å². The van der Waals surface area contributed by atoms with Crippen LogP contribution in [0.2, 0.25) is 12.6 Å². The lowest BCUT2D eigenvalue weighted by molar-refractivity contribution is -0.141. The molecule has 0 fully saturated rings. The van der Waals surface area contributed by atoms with E-state index in [0.29, 0.717) is 18.0 Å². The van der Waals surface area contributed by atoms with Crippen molar-refractivity contribution in [3.8, 4) is 0 Å². The van der Waals surface area contributed by atoms with Crippen LogP contribution in [0.5, 0.6) is 0 Å². The molecule has 0 aliphatic rings. The fourth-order valence-corrected chi connectivity index (χ4v) is 3.66. The Morgan fingerprint density at radius 2 is 1.53 bits per heavy atom. The van der Waals surface area contributed by atoms with E-state index < -0.39 is 26.5 Å². The largest absolute Gasteiger partial charge is 0.485 e. The molecule has 19 heavy (non-hydrogen) atoms. The van der Waals surface area contributed by atoms with E-state index in [1.807, 2.05) is 0 Å². The van der Waals surface area contributed by atoms with Gasteiger partial charge in [0.25, 0.3) is 11.9 Å². The Hall–Kier alpha value is -1.63. The zero-order valence-electron chi connectivity index (χ0n) is 11.8. The van der Waals surface area contributed by atoms with E-state index in [0.717, 1.165) is 0 Å². The topological polar surface area (TPSA) is 78.9 Å². The van der Waals surface area contributed by atoms with Gasteiger partial charge in [-0.1, -0.05) is 6.58 Å². The summed E-state index contributed by atoms with van der Waals surface area (Å²) in [5.41, 5.74) is 0.319. The lowest BCUT2D eigenvalue weighted by Crippen LogP contribution is -2.41. The van der Waals surface area contributed by atoms with Crippen molar-refractivity contribution >= 4 is 26.5 Å². The van der Waals surface area contributed by atoms with Crippen molar-refractivity contribution in [2.75, 3.05) is 6.61 Å².